The molecule has 4 rings (SSSR count). The van der Waals surface area contributed by atoms with Crippen LogP contribution in [0, 0.1) is 11.3 Å². The summed E-state index contributed by atoms with van der Waals surface area (Å²) in [7, 11) is 0. The zero-order valence-corrected chi connectivity index (χ0v) is 13.2. The molecule has 0 aliphatic carbocycles. The van der Waals surface area contributed by atoms with Crippen LogP contribution in [0.2, 0.25) is 0 Å². The molecule has 4 aromatic rings. The van der Waals surface area contributed by atoms with E-state index in [0.29, 0.717) is 16.9 Å². The third kappa shape index (κ3) is 2.84. The van der Waals surface area contributed by atoms with Crippen LogP contribution in [-0.2, 0) is 6.61 Å². The van der Waals surface area contributed by atoms with Gasteiger partial charge in [-0.25, -0.2) is 4.79 Å². The van der Waals surface area contributed by atoms with Crippen molar-refractivity contribution in [2.75, 3.05) is 0 Å². The quantitative estimate of drug-likeness (QED) is 0.413. The van der Waals surface area contributed by atoms with E-state index < -0.39 is 5.63 Å². The maximum atomic E-state index is 11.9. The average molecular weight is 327 g/mol. The maximum Gasteiger partial charge on any atom is 0.336 e. The summed E-state index contributed by atoms with van der Waals surface area (Å²) in [5.41, 5.74) is 1.49. The largest absolute Gasteiger partial charge is 0.489 e. The lowest BCUT2D eigenvalue weighted by Crippen LogP contribution is -2.04. The van der Waals surface area contributed by atoms with Gasteiger partial charge < -0.3 is 9.15 Å². The first-order valence-corrected chi connectivity index (χ1v) is 7.82. The molecule has 3 aromatic carbocycles. The minimum Gasteiger partial charge on any atom is -0.489 e. The Balaban J connectivity index is 1.78. The number of hydrogen-bond donors (Lipinski definition) is 0. The Kier molecular flexibility index (Phi) is 3.68. The molecule has 0 bridgehead atoms. The fourth-order valence-corrected chi connectivity index (χ4v) is 2.92. The van der Waals surface area contributed by atoms with Crippen LogP contribution in [-0.4, -0.2) is 0 Å². The van der Waals surface area contributed by atoms with Crippen molar-refractivity contribution in [3.05, 3.63) is 88.3 Å². The van der Waals surface area contributed by atoms with Crippen LogP contribution in [0.4, 0.5) is 0 Å². The van der Waals surface area contributed by atoms with Crippen molar-refractivity contribution in [3.8, 4) is 11.8 Å². The highest BCUT2D eigenvalue weighted by molar-refractivity contribution is 6.06. The number of nitriles is 1. The van der Waals surface area contributed by atoms with Gasteiger partial charge in [-0.3, -0.25) is 0 Å². The first-order chi connectivity index (χ1) is 12.2. The first-order valence-electron chi connectivity index (χ1n) is 7.82. The molecule has 120 valence electrons. The fourth-order valence-electron chi connectivity index (χ4n) is 2.92. The molecule has 4 nitrogen and oxygen atoms in total. The number of hydrogen-bond acceptors (Lipinski definition) is 4. The Morgan fingerprint density at radius 2 is 1.80 bits per heavy atom. The molecule has 0 spiro atoms. The molecule has 0 radical (unpaired) electrons. The van der Waals surface area contributed by atoms with E-state index in [1.165, 1.54) is 6.07 Å². The van der Waals surface area contributed by atoms with E-state index in [9.17, 15) is 4.79 Å². The number of nitrogens with zero attached hydrogens (tertiary/aromatic N) is 1. The topological polar surface area (TPSA) is 63.2 Å². The van der Waals surface area contributed by atoms with Crippen LogP contribution >= 0.6 is 0 Å². The molecule has 1 aromatic heterocycles. The second-order valence-electron chi connectivity index (χ2n) is 5.68. The fraction of sp³-hybridized carbons (Fsp3) is 0.0476. The molecule has 0 N–H and O–H groups in total. The summed E-state index contributed by atoms with van der Waals surface area (Å²) in [6, 6.07) is 22.1. The van der Waals surface area contributed by atoms with Crippen LogP contribution in [0.25, 0.3) is 21.7 Å². The van der Waals surface area contributed by atoms with Crippen molar-refractivity contribution in [2.24, 2.45) is 0 Å². The van der Waals surface area contributed by atoms with Crippen LogP contribution < -0.4 is 10.4 Å². The van der Waals surface area contributed by atoms with Crippen LogP contribution in [0.5, 0.6) is 5.75 Å². The van der Waals surface area contributed by atoms with Gasteiger partial charge in [0.2, 0.25) is 0 Å². The molecule has 0 saturated carbocycles. The minimum absolute atomic E-state index is 0.238. The predicted molar refractivity (Wildman–Crippen MR) is 95.5 cm³/mol. The molecule has 4 heteroatoms. The molecule has 0 aliphatic heterocycles. The molecular weight excluding hydrogens is 314 g/mol. The molecular formula is C21H13NO3. The van der Waals surface area contributed by atoms with Gasteiger partial charge in [-0.2, -0.15) is 5.26 Å². The molecule has 0 saturated heterocycles. The highest BCUT2D eigenvalue weighted by atomic mass is 16.5. The monoisotopic (exact) mass is 327 g/mol. The first kappa shape index (κ1) is 15.0. The highest BCUT2D eigenvalue weighted by Gasteiger charge is 2.10. The van der Waals surface area contributed by atoms with Gasteiger partial charge in [0.25, 0.3) is 0 Å². The van der Waals surface area contributed by atoms with Crippen LogP contribution in [0.1, 0.15) is 11.1 Å². The smallest absolute Gasteiger partial charge is 0.336 e. The zero-order valence-electron chi connectivity index (χ0n) is 13.2. The maximum absolute atomic E-state index is 11.9. The number of ether oxygens (including phenoxy) is 1. The summed E-state index contributed by atoms with van der Waals surface area (Å²) in [6.45, 7) is 0.238. The molecule has 0 atom stereocenters. The van der Waals surface area contributed by atoms with Gasteiger partial charge in [0, 0.05) is 17.0 Å². The van der Waals surface area contributed by atoms with E-state index in [4.69, 9.17) is 14.4 Å². The van der Waals surface area contributed by atoms with E-state index >= 15 is 0 Å². The molecule has 0 amide bonds. The Bertz CT molecular complexity index is 1170. The Labute approximate surface area is 143 Å². The number of fused-ring (bicyclic) bond motifs is 3. The SMILES string of the molecule is N#Cc1ccc(OCc2cc(=O)oc3ccc4ccccc4c23)cc1. The van der Waals surface area contributed by atoms with Gasteiger partial charge in [0.05, 0.1) is 11.6 Å². The van der Waals surface area contributed by atoms with E-state index in [1.807, 2.05) is 36.4 Å². The van der Waals surface area contributed by atoms with E-state index in [1.54, 1.807) is 24.3 Å². The third-order valence-electron chi connectivity index (χ3n) is 4.09. The van der Waals surface area contributed by atoms with Crippen LogP contribution in [0.15, 0.2) is 75.9 Å². The van der Waals surface area contributed by atoms with Gasteiger partial charge >= 0.3 is 5.63 Å². The van der Waals surface area contributed by atoms with Gasteiger partial charge in [-0.15, -0.1) is 0 Å². The van der Waals surface area contributed by atoms with Crippen molar-refractivity contribution < 1.29 is 9.15 Å². The zero-order chi connectivity index (χ0) is 17.2. The van der Waals surface area contributed by atoms with Crippen molar-refractivity contribution in [1.82, 2.24) is 0 Å². The summed E-state index contributed by atoms with van der Waals surface area (Å²) >= 11 is 0. The normalized spacial score (nSPS) is 10.7. The predicted octanol–water partition coefficient (Wildman–Crippen LogP) is 4.40. The van der Waals surface area contributed by atoms with Crippen molar-refractivity contribution in [3.63, 3.8) is 0 Å². The molecule has 0 aliphatic rings. The second kappa shape index (κ2) is 6.14. The summed E-state index contributed by atoms with van der Waals surface area (Å²) < 4.78 is 11.2. The highest BCUT2D eigenvalue weighted by Crippen LogP contribution is 2.28. The average Bonchev–Trinajstić information content (AvgIpc) is 2.66. The van der Waals surface area contributed by atoms with Gasteiger partial charge in [-0.1, -0.05) is 30.3 Å². The lowest BCUT2D eigenvalue weighted by atomic mass is 10.0. The lowest BCUT2D eigenvalue weighted by Gasteiger charge is -2.10. The second-order valence-corrected chi connectivity index (χ2v) is 5.68. The Morgan fingerprint density at radius 1 is 1.00 bits per heavy atom. The van der Waals surface area contributed by atoms with E-state index in [2.05, 4.69) is 6.07 Å². The van der Waals surface area contributed by atoms with Crippen molar-refractivity contribution in [1.29, 1.82) is 5.26 Å². The van der Waals surface area contributed by atoms with Gasteiger partial charge in [-0.05, 0) is 41.1 Å². The van der Waals surface area contributed by atoms with Crippen LogP contribution in [0.3, 0.4) is 0 Å². The summed E-state index contributed by atoms with van der Waals surface area (Å²) in [5.74, 6) is 0.639. The van der Waals surface area contributed by atoms with Gasteiger partial charge in [0.1, 0.15) is 17.9 Å². The van der Waals surface area contributed by atoms with Gasteiger partial charge in [0.15, 0.2) is 0 Å². The minimum atomic E-state index is -0.402. The summed E-state index contributed by atoms with van der Waals surface area (Å²) in [5, 5.41) is 11.8. The number of rotatable bonds is 3. The Hall–Kier alpha value is -3.58. The molecule has 0 fully saturated rings. The molecule has 0 unspecified atom stereocenters. The third-order valence-corrected chi connectivity index (χ3v) is 4.09. The van der Waals surface area contributed by atoms with Crippen molar-refractivity contribution in [2.45, 2.75) is 6.61 Å². The molecule has 1 heterocycles. The van der Waals surface area contributed by atoms with Crippen molar-refractivity contribution >= 4 is 21.7 Å². The molecule has 25 heavy (non-hydrogen) atoms. The van der Waals surface area contributed by atoms with E-state index in [0.717, 1.165) is 21.7 Å². The lowest BCUT2D eigenvalue weighted by molar-refractivity contribution is 0.306. The summed E-state index contributed by atoms with van der Waals surface area (Å²) in [6.07, 6.45) is 0. The standard InChI is InChI=1S/C21H13NO3/c22-12-14-5-8-17(9-6-14)24-13-16-11-20(23)25-19-10-7-15-3-1-2-4-18(15)21(16)19/h1-11H,13H2. The Morgan fingerprint density at radius 3 is 2.60 bits per heavy atom. The number of benzene rings is 3. The summed E-state index contributed by atoms with van der Waals surface area (Å²) in [4.78, 5) is 11.9. The van der Waals surface area contributed by atoms with E-state index in [-0.39, 0.29) is 6.61 Å².